The SMILES string of the molecule is COc1ccc(C(C)NC(C)CO)cc1. The molecule has 1 aromatic carbocycles. The summed E-state index contributed by atoms with van der Waals surface area (Å²) < 4.78 is 5.09. The molecule has 84 valence electrons. The Morgan fingerprint density at radius 2 is 1.87 bits per heavy atom. The smallest absolute Gasteiger partial charge is 0.118 e. The Hall–Kier alpha value is -1.06. The minimum absolute atomic E-state index is 0.113. The van der Waals surface area contributed by atoms with Crippen molar-refractivity contribution >= 4 is 0 Å². The van der Waals surface area contributed by atoms with Crippen LogP contribution in [-0.4, -0.2) is 24.9 Å². The molecule has 2 N–H and O–H groups in total. The molecule has 0 saturated heterocycles. The average Bonchev–Trinajstić information content (AvgIpc) is 2.29. The lowest BCUT2D eigenvalue weighted by atomic mass is 10.1. The fraction of sp³-hybridized carbons (Fsp3) is 0.500. The molecule has 1 rings (SSSR count). The topological polar surface area (TPSA) is 41.5 Å². The maximum atomic E-state index is 8.93. The van der Waals surface area contributed by atoms with Crippen molar-refractivity contribution in [1.29, 1.82) is 0 Å². The van der Waals surface area contributed by atoms with Crippen LogP contribution in [0.1, 0.15) is 25.5 Å². The van der Waals surface area contributed by atoms with Gasteiger partial charge < -0.3 is 15.2 Å². The maximum Gasteiger partial charge on any atom is 0.118 e. The van der Waals surface area contributed by atoms with Crippen molar-refractivity contribution in [3.63, 3.8) is 0 Å². The number of rotatable bonds is 5. The number of aliphatic hydroxyl groups excluding tert-OH is 1. The van der Waals surface area contributed by atoms with Crippen molar-refractivity contribution in [1.82, 2.24) is 5.32 Å². The zero-order chi connectivity index (χ0) is 11.3. The zero-order valence-corrected chi connectivity index (χ0v) is 9.53. The normalized spacial score (nSPS) is 14.7. The molecule has 0 amide bonds. The highest BCUT2D eigenvalue weighted by Gasteiger charge is 2.08. The maximum absolute atomic E-state index is 8.93. The molecule has 0 bridgehead atoms. The third-order valence-electron chi connectivity index (χ3n) is 2.42. The van der Waals surface area contributed by atoms with E-state index < -0.39 is 0 Å². The van der Waals surface area contributed by atoms with Gasteiger partial charge in [-0.3, -0.25) is 0 Å². The van der Waals surface area contributed by atoms with E-state index >= 15 is 0 Å². The van der Waals surface area contributed by atoms with Crippen molar-refractivity contribution in [3.05, 3.63) is 29.8 Å². The monoisotopic (exact) mass is 209 g/mol. The third kappa shape index (κ3) is 3.53. The van der Waals surface area contributed by atoms with Crippen molar-refractivity contribution < 1.29 is 9.84 Å². The summed E-state index contributed by atoms with van der Waals surface area (Å²) in [7, 11) is 1.66. The Balaban J connectivity index is 2.61. The van der Waals surface area contributed by atoms with Crippen LogP contribution in [0.2, 0.25) is 0 Å². The van der Waals surface area contributed by atoms with Gasteiger partial charge in [-0.1, -0.05) is 12.1 Å². The van der Waals surface area contributed by atoms with Gasteiger partial charge in [-0.05, 0) is 31.5 Å². The molecule has 2 atom stereocenters. The molecule has 15 heavy (non-hydrogen) atoms. The van der Waals surface area contributed by atoms with E-state index in [1.807, 2.05) is 31.2 Å². The molecular formula is C12H19NO2. The van der Waals surface area contributed by atoms with Gasteiger partial charge in [-0.25, -0.2) is 0 Å². The molecule has 3 heteroatoms. The van der Waals surface area contributed by atoms with E-state index in [0.717, 1.165) is 5.75 Å². The second kappa shape index (κ2) is 5.73. The highest BCUT2D eigenvalue weighted by atomic mass is 16.5. The van der Waals surface area contributed by atoms with Gasteiger partial charge >= 0.3 is 0 Å². The molecule has 2 unspecified atom stereocenters. The van der Waals surface area contributed by atoms with Crippen LogP contribution in [0.3, 0.4) is 0 Å². The van der Waals surface area contributed by atoms with Gasteiger partial charge in [-0.2, -0.15) is 0 Å². The van der Waals surface area contributed by atoms with E-state index in [-0.39, 0.29) is 18.7 Å². The second-order valence-electron chi connectivity index (χ2n) is 3.75. The predicted molar refractivity (Wildman–Crippen MR) is 61.1 cm³/mol. The Morgan fingerprint density at radius 1 is 1.27 bits per heavy atom. The van der Waals surface area contributed by atoms with Crippen LogP contribution in [0.15, 0.2) is 24.3 Å². The number of hydrogen-bond donors (Lipinski definition) is 2. The van der Waals surface area contributed by atoms with Gasteiger partial charge in [0.25, 0.3) is 0 Å². The first-order valence-corrected chi connectivity index (χ1v) is 5.18. The Bertz CT molecular complexity index is 284. The van der Waals surface area contributed by atoms with Crippen LogP contribution < -0.4 is 10.1 Å². The minimum atomic E-state index is 0.113. The van der Waals surface area contributed by atoms with Gasteiger partial charge in [0.2, 0.25) is 0 Å². The van der Waals surface area contributed by atoms with E-state index in [1.54, 1.807) is 7.11 Å². The molecule has 0 aromatic heterocycles. The molecule has 0 aliphatic heterocycles. The first-order chi connectivity index (χ1) is 7.17. The minimum Gasteiger partial charge on any atom is -0.497 e. The summed E-state index contributed by atoms with van der Waals surface area (Å²) >= 11 is 0. The van der Waals surface area contributed by atoms with E-state index in [2.05, 4.69) is 12.2 Å². The first-order valence-electron chi connectivity index (χ1n) is 5.18. The molecule has 0 aliphatic rings. The van der Waals surface area contributed by atoms with Gasteiger partial charge in [0.15, 0.2) is 0 Å². The van der Waals surface area contributed by atoms with E-state index in [0.29, 0.717) is 0 Å². The van der Waals surface area contributed by atoms with Crippen LogP contribution in [-0.2, 0) is 0 Å². The summed E-state index contributed by atoms with van der Waals surface area (Å²) in [6.45, 7) is 4.19. The fourth-order valence-electron chi connectivity index (χ4n) is 1.47. The first kappa shape index (κ1) is 12.0. The third-order valence-corrected chi connectivity index (χ3v) is 2.42. The van der Waals surface area contributed by atoms with Crippen molar-refractivity contribution in [3.8, 4) is 5.75 Å². The predicted octanol–water partition coefficient (Wildman–Crippen LogP) is 1.73. The summed E-state index contributed by atoms with van der Waals surface area (Å²) in [5.41, 5.74) is 1.19. The van der Waals surface area contributed by atoms with E-state index in [4.69, 9.17) is 9.84 Å². The number of nitrogens with one attached hydrogen (secondary N) is 1. The van der Waals surface area contributed by atoms with Gasteiger partial charge in [-0.15, -0.1) is 0 Å². The molecule has 0 saturated carbocycles. The molecular weight excluding hydrogens is 190 g/mol. The molecule has 0 fully saturated rings. The molecule has 0 aliphatic carbocycles. The molecule has 1 aromatic rings. The van der Waals surface area contributed by atoms with Crippen molar-refractivity contribution in [2.75, 3.05) is 13.7 Å². The van der Waals surface area contributed by atoms with Crippen LogP contribution in [0.4, 0.5) is 0 Å². The number of hydrogen-bond acceptors (Lipinski definition) is 3. The fourth-order valence-corrected chi connectivity index (χ4v) is 1.47. The number of ether oxygens (including phenoxy) is 1. The van der Waals surface area contributed by atoms with E-state index in [1.165, 1.54) is 5.56 Å². The number of benzene rings is 1. The lowest BCUT2D eigenvalue weighted by molar-refractivity contribution is 0.243. The van der Waals surface area contributed by atoms with E-state index in [9.17, 15) is 0 Å². The highest BCUT2D eigenvalue weighted by molar-refractivity contribution is 5.28. The largest absolute Gasteiger partial charge is 0.497 e. The second-order valence-corrected chi connectivity index (χ2v) is 3.75. The van der Waals surface area contributed by atoms with Crippen molar-refractivity contribution in [2.45, 2.75) is 25.9 Å². The van der Waals surface area contributed by atoms with Gasteiger partial charge in [0.1, 0.15) is 5.75 Å². The highest BCUT2D eigenvalue weighted by Crippen LogP contribution is 2.17. The van der Waals surface area contributed by atoms with Crippen LogP contribution >= 0.6 is 0 Å². The lowest BCUT2D eigenvalue weighted by Gasteiger charge is -2.18. The summed E-state index contributed by atoms with van der Waals surface area (Å²) in [5, 5.41) is 12.2. The van der Waals surface area contributed by atoms with Crippen LogP contribution in [0.5, 0.6) is 5.75 Å². The summed E-state index contributed by atoms with van der Waals surface area (Å²) in [5.74, 6) is 0.862. The lowest BCUT2D eigenvalue weighted by Crippen LogP contribution is -2.31. The zero-order valence-electron chi connectivity index (χ0n) is 9.53. The molecule has 0 radical (unpaired) electrons. The summed E-state index contributed by atoms with van der Waals surface area (Å²) in [6.07, 6.45) is 0. The number of methoxy groups -OCH3 is 1. The van der Waals surface area contributed by atoms with Crippen LogP contribution in [0.25, 0.3) is 0 Å². The van der Waals surface area contributed by atoms with Gasteiger partial charge in [0.05, 0.1) is 13.7 Å². The van der Waals surface area contributed by atoms with Gasteiger partial charge in [0, 0.05) is 12.1 Å². The quantitative estimate of drug-likeness (QED) is 0.776. The Labute approximate surface area is 91.1 Å². The molecule has 3 nitrogen and oxygen atoms in total. The Kier molecular flexibility index (Phi) is 4.59. The standard InChI is InChI=1S/C12H19NO2/c1-9(8-14)13-10(2)11-4-6-12(15-3)7-5-11/h4-7,9-10,13-14H,8H2,1-3H3. The molecule has 0 heterocycles. The van der Waals surface area contributed by atoms with Crippen LogP contribution in [0, 0.1) is 0 Å². The summed E-state index contributed by atoms with van der Waals surface area (Å²) in [6, 6.07) is 8.29. The number of aliphatic hydroxyl groups is 1. The Morgan fingerprint density at radius 3 is 2.33 bits per heavy atom. The summed E-state index contributed by atoms with van der Waals surface area (Å²) in [4.78, 5) is 0. The molecule has 0 spiro atoms. The van der Waals surface area contributed by atoms with Crippen molar-refractivity contribution in [2.24, 2.45) is 0 Å². The average molecular weight is 209 g/mol.